The van der Waals surface area contributed by atoms with Gasteiger partial charge in [-0.1, -0.05) is 0 Å². The van der Waals surface area contributed by atoms with Gasteiger partial charge < -0.3 is 20.4 Å². The Morgan fingerprint density at radius 3 is 2.29 bits per heavy atom. The second kappa shape index (κ2) is 8.60. The highest BCUT2D eigenvalue weighted by Crippen LogP contribution is 2.47. The first kappa shape index (κ1) is 22.1. The number of carbonyl (C=O) groups excluding carboxylic acids is 2. The maximum absolute atomic E-state index is 14.8. The molecule has 0 saturated heterocycles. The Balaban J connectivity index is 1.29. The normalized spacial score (nSPS) is 13.8. The maximum atomic E-state index is 14.8. The summed E-state index contributed by atoms with van der Waals surface area (Å²) in [6, 6.07) is 10.5. The molecule has 4 aromatic rings. The number of nitrogens with zero attached hydrogens (tertiary/aromatic N) is 2. The monoisotopic (exact) mass is 477 g/mol. The number of rotatable bonds is 6. The number of halogens is 2. The summed E-state index contributed by atoms with van der Waals surface area (Å²) in [5, 5.41) is 5.18. The smallest absolute Gasteiger partial charge is 0.268 e. The third kappa shape index (κ3) is 4.43. The number of aromatic nitrogens is 3. The van der Waals surface area contributed by atoms with Crippen LogP contribution in [-0.2, 0) is 9.59 Å². The summed E-state index contributed by atoms with van der Waals surface area (Å²) in [5.41, 5.74) is -0.778. The molecule has 0 spiro atoms. The fraction of sp³-hybridized carbons (Fsp3) is 0.125. The van der Waals surface area contributed by atoms with Crippen molar-refractivity contribution in [1.29, 1.82) is 0 Å². The second-order valence-corrected chi connectivity index (χ2v) is 8.00. The van der Waals surface area contributed by atoms with Gasteiger partial charge in [0.1, 0.15) is 16.7 Å². The number of pyridine rings is 1. The van der Waals surface area contributed by atoms with Gasteiger partial charge >= 0.3 is 0 Å². The summed E-state index contributed by atoms with van der Waals surface area (Å²) in [5.74, 6) is -2.26. The fourth-order valence-corrected chi connectivity index (χ4v) is 3.50. The summed E-state index contributed by atoms with van der Waals surface area (Å²) >= 11 is 0. The van der Waals surface area contributed by atoms with Crippen LogP contribution in [0.1, 0.15) is 12.8 Å². The zero-order valence-corrected chi connectivity index (χ0v) is 18.0. The molecule has 0 atom stereocenters. The van der Waals surface area contributed by atoms with Crippen LogP contribution in [0.2, 0.25) is 0 Å². The van der Waals surface area contributed by atoms with Gasteiger partial charge in [-0.25, -0.2) is 18.7 Å². The van der Waals surface area contributed by atoms with Gasteiger partial charge in [0.15, 0.2) is 23.0 Å². The Morgan fingerprint density at radius 2 is 1.60 bits per heavy atom. The van der Waals surface area contributed by atoms with Crippen LogP contribution < -0.4 is 20.9 Å². The highest BCUT2D eigenvalue weighted by Gasteiger charge is 2.56. The van der Waals surface area contributed by atoms with Gasteiger partial charge in [0.05, 0.1) is 6.20 Å². The van der Waals surface area contributed by atoms with E-state index in [1.165, 1.54) is 48.7 Å². The van der Waals surface area contributed by atoms with E-state index in [1.54, 1.807) is 0 Å². The summed E-state index contributed by atoms with van der Waals surface area (Å²) in [7, 11) is 0. The Hall–Kier alpha value is -4.67. The van der Waals surface area contributed by atoms with Crippen molar-refractivity contribution >= 4 is 34.4 Å². The van der Waals surface area contributed by atoms with Crippen molar-refractivity contribution < 1.29 is 23.1 Å². The van der Waals surface area contributed by atoms with E-state index < -0.39 is 34.4 Å². The van der Waals surface area contributed by atoms with Crippen LogP contribution >= 0.6 is 0 Å². The molecule has 1 aliphatic rings. The lowest BCUT2D eigenvalue weighted by Crippen LogP contribution is -2.35. The number of hydrogen-bond acceptors (Lipinski definition) is 6. The molecule has 0 radical (unpaired) electrons. The minimum Gasteiger partial charge on any atom is -0.452 e. The molecule has 2 aromatic carbocycles. The number of nitrogens with one attached hydrogen (secondary N) is 3. The first-order valence-electron chi connectivity index (χ1n) is 10.5. The van der Waals surface area contributed by atoms with Gasteiger partial charge in [0, 0.05) is 29.7 Å². The highest BCUT2D eigenvalue weighted by atomic mass is 19.1. The van der Waals surface area contributed by atoms with Crippen molar-refractivity contribution in [2.45, 2.75) is 12.8 Å². The molecule has 3 N–H and O–H groups in total. The molecule has 5 rings (SSSR count). The van der Waals surface area contributed by atoms with Gasteiger partial charge in [0.25, 0.3) is 5.56 Å². The van der Waals surface area contributed by atoms with Crippen molar-refractivity contribution in [3.63, 3.8) is 0 Å². The van der Waals surface area contributed by atoms with E-state index in [-0.39, 0.29) is 28.4 Å². The molecule has 11 heteroatoms. The number of amides is 2. The summed E-state index contributed by atoms with van der Waals surface area (Å²) in [4.78, 5) is 47.4. The number of ether oxygens (including phenoxy) is 1. The van der Waals surface area contributed by atoms with Crippen LogP contribution in [0.5, 0.6) is 11.5 Å². The molecule has 1 fully saturated rings. The topological polar surface area (TPSA) is 126 Å². The second-order valence-electron chi connectivity index (χ2n) is 8.00. The quantitative estimate of drug-likeness (QED) is 0.363. The molecule has 1 aliphatic carbocycles. The van der Waals surface area contributed by atoms with E-state index in [2.05, 4.69) is 25.6 Å². The van der Waals surface area contributed by atoms with Gasteiger partial charge in [-0.3, -0.25) is 14.4 Å². The highest BCUT2D eigenvalue weighted by molar-refractivity contribution is 6.16. The fourth-order valence-electron chi connectivity index (χ4n) is 3.50. The lowest BCUT2D eigenvalue weighted by atomic mass is 10.0. The van der Waals surface area contributed by atoms with E-state index in [4.69, 9.17) is 4.74 Å². The minimum absolute atomic E-state index is 0.140. The molecular weight excluding hydrogens is 460 g/mol. The molecule has 2 heterocycles. The summed E-state index contributed by atoms with van der Waals surface area (Å²) in [6.07, 6.45) is 3.11. The molecule has 2 amide bonds. The Labute approximate surface area is 196 Å². The number of hydrogen-bond donors (Lipinski definition) is 3. The van der Waals surface area contributed by atoms with E-state index in [9.17, 15) is 23.2 Å². The zero-order valence-electron chi connectivity index (χ0n) is 18.0. The third-order valence-electron chi connectivity index (χ3n) is 5.57. The largest absolute Gasteiger partial charge is 0.452 e. The first-order valence-corrected chi connectivity index (χ1v) is 10.5. The number of benzene rings is 2. The average molecular weight is 477 g/mol. The minimum atomic E-state index is -1.28. The predicted octanol–water partition coefficient (Wildman–Crippen LogP) is 3.75. The van der Waals surface area contributed by atoms with Crippen LogP contribution in [0.25, 0.3) is 11.2 Å². The SMILES string of the molecule is O=C(Nc1ccc(F)cc1)C1(C(=O)Nc2ccc(Oc3ccnc4[nH]c(=O)cnc34)c(F)c2)CC1. The number of fused-ring (bicyclic) bond motifs is 1. The lowest BCUT2D eigenvalue weighted by Gasteiger charge is -2.16. The average Bonchev–Trinajstić information content (AvgIpc) is 3.65. The molecular formula is C24H17F2N5O4. The van der Waals surface area contributed by atoms with Gasteiger partial charge in [0.2, 0.25) is 11.8 Å². The Bertz CT molecular complexity index is 1520. The van der Waals surface area contributed by atoms with Crippen molar-refractivity contribution in [3.05, 3.63) is 82.9 Å². The Kier molecular flexibility index (Phi) is 5.44. The molecule has 0 unspecified atom stereocenters. The predicted molar refractivity (Wildman–Crippen MR) is 122 cm³/mol. The van der Waals surface area contributed by atoms with Crippen LogP contribution in [0.15, 0.2) is 65.7 Å². The summed E-state index contributed by atoms with van der Waals surface area (Å²) < 4.78 is 33.4. The summed E-state index contributed by atoms with van der Waals surface area (Å²) in [6.45, 7) is 0. The molecule has 0 bridgehead atoms. The molecule has 176 valence electrons. The van der Waals surface area contributed by atoms with Gasteiger partial charge in [-0.05, 0) is 49.2 Å². The standard InChI is InChI=1S/C24H17F2N5O4/c25-13-1-3-14(4-2-13)29-22(33)24(8-9-24)23(34)30-15-5-6-17(16(26)11-15)35-18-7-10-27-21-20(18)28-12-19(32)31-21/h1-7,10-12H,8-9H2,(H,29,33)(H,30,34)(H,27,31,32). The third-order valence-corrected chi connectivity index (χ3v) is 5.57. The van der Waals surface area contributed by atoms with Crippen molar-refractivity contribution in [1.82, 2.24) is 15.0 Å². The van der Waals surface area contributed by atoms with E-state index in [0.29, 0.717) is 18.5 Å². The number of anilines is 2. The first-order chi connectivity index (χ1) is 16.8. The Morgan fingerprint density at radius 1 is 0.914 bits per heavy atom. The van der Waals surface area contributed by atoms with Crippen molar-refractivity contribution in [2.24, 2.45) is 5.41 Å². The molecule has 35 heavy (non-hydrogen) atoms. The van der Waals surface area contributed by atoms with E-state index in [1.807, 2.05) is 0 Å². The van der Waals surface area contributed by atoms with Crippen LogP contribution in [0, 0.1) is 17.0 Å². The van der Waals surface area contributed by atoms with Gasteiger partial charge in [-0.15, -0.1) is 0 Å². The lowest BCUT2D eigenvalue weighted by molar-refractivity contribution is -0.131. The molecule has 1 saturated carbocycles. The van der Waals surface area contributed by atoms with Crippen molar-refractivity contribution in [3.8, 4) is 11.5 Å². The van der Waals surface area contributed by atoms with Crippen LogP contribution in [0.3, 0.4) is 0 Å². The number of aromatic amines is 1. The maximum Gasteiger partial charge on any atom is 0.268 e. The van der Waals surface area contributed by atoms with Gasteiger partial charge in [-0.2, -0.15) is 0 Å². The number of H-pyrrole nitrogens is 1. The zero-order chi connectivity index (χ0) is 24.6. The number of carbonyl (C=O) groups is 2. The van der Waals surface area contributed by atoms with Crippen LogP contribution in [0.4, 0.5) is 20.2 Å². The molecule has 9 nitrogen and oxygen atoms in total. The van der Waals surface area contributed by atoms with Crippen molar-refractivity contribution in [2.75, 3.05) is 10.6 Å². The molecule has 2 aromatic heterocycles. The van der Waals surface area contributed by atoms with Crippen LogP contribution in [-0.4, -0.2) is 26.8 Å². The van der Waals surface area contributed by atoms with E-state index in [0.717, 1.165) is 12.3 Å². The van der Waals surface area contributed by atoms with E-state index >= 15 is 0 Å². The molecule has 0 aliphatic heterocycles.